The highest BCUT2D eigenvalue weighted by molar-refractivity contribution is 5.71. The van der Waals surface area contributed by atoms with Crippen LogP contribution < -0.4 is 0 Å². The minimum Gasteiger partial charge on any atom is -0.462 e. The molecule has 0 radical (unpaired) electrons. The highest BCUT2D eigenvalue weighted by atomic mass is 16.6. The van der Waals surface area contributed by atoms with Crippen LogP contribution in [0, 0.1) is 5.92 Å². The quantitative estimate of drug-likeness (QED) is 0.0343. The summed E-state index contributed by atoms with van der Waals surface area (Å²) in [5, 5.41) is 0. The van der Waals surface area contributed by atoms with Gasteiger partial charge < -0.3 is 14.2 Å². The average Bonchev–Trinajstić information content (AvgIpc) is 3.34. The van der Waals surface area contributed by atoms with E-state index in [0.717, 1.165) is 63.7 Å². The van der Waals surface area contributed by atoms with Gasteiger partial charge in [0.15, 0.2) is 6.10 Å². The first-order chi connectivity index (χ1) is 33.4. The molecular weight excluding hydrogens is 841 g/mol. The van der Waals surface area contributed by atoms with E-state index in [4.69, 9.17) is 14.2 Å². The number of carbonyl (C=O) groups is 3. The van der Waals surface area contributed by atoms with E-state index in [0.29, 0.717) is 19.3 Å². The molecule has 0 amide bonds. The summed E-state index contributed by atoms with van der Waals surface area (Å²) in [5.41, 5.74) is 0. The van der Waals surface area contributed by atoms with E-state index in [1.54, 1.807) is 0 Å². The zero-order valence-electron chi connectivity index (χ0n) is 46.6. The van der Waals surface area contributed by atoms with Crippen molar-refractivity contribution in [2.75, 3.05) is 13.2 Å². The van der Waals surface area contributed by atoms with Gasteiger partial charge in [0.25, 0.3) is 0 Å². The van der Waals surface area contributed by atoms with E-state index in [1.165, 1.54) is 250 Å². The number of ether oxygens (including phenoxy) is 3. The summed E-state index contributed by atoms with van der Waals surface area (Å²) in [5.74, 6) is 0.0381. The highest BCUT2D eigenvalue weighted by Crippen LogP contribution is 2.19. The molecule has 0 aliphatic carbocycles. The first kappa shape index (κ1) is 66.4. The molecule has 0 fully saturated rings. The Balaban J connectivity index is 4.28. The van der Waals surface area contributed by atoms with Crippen LogP contribution in [0.15, 0.2) is 0 Å². The summed E-state index contributed by atoms with van der Waals surface area (Å²) in [6, 6.07) is 0. The summed E-state index contributed by atoms with van der Waals surface area (Å²) >= 11 is 0. The Morgan fingerprint density at radius 3 is 0.765 bits per heavy atom. The molecule has 0 N–H and O–H groups in total. The van der Waals surface area contributed by atoms with Crippen LogP contribution in [0.3, 0.4) is 0 Å². The van der Waals surface area contributed by atoms with Gasteiger partial charge in [-0.05, 0) is 25.2 Å². The summed E-state index contributed by atoms with van der Waals surface area (Å²) in [6.07, 6.45) is 62.4. The Hall–Kier alpha value is -1.59. The lowest BCUT2D eigenvalue weighted by atomic mass is 9.99. The molecule has 0 saturated heterocycles. The molecule has 0 bridgehead atoms. The lowest BCUT2D eigenvalue weighted by molar-refractivity contribution is -0.167. The fourth-order valence-electron chi connectivity index (χ4n) is 9.60. The van der Waals surface area contributed by atoms with Crippen LogP contribution in [-0.2, 0) is 28.6 Å². The molecular formula is C62H120O6. The standard InChI is InChI=1S/C62H120O6/c1-5-8-10-12-14-16-18-20-22-24-25-27-28-30-32-37-41-45-49-53-60(63)66-56-59(57-67-61(64)54-50-46-42-38-35-34-36-40-44-48-52-58(4)7-3)68-62(65)55-51-47-43-39-33-31-29-26-23-21-19-17-15-13-11-9-6-2/h58-59H,5-57H2,1-4H3/t58?,59-/m1/s1. The maximum Gasteiger partial charge on any atom is 0.306 e. The predicted molar refractivity (Wildman–Crippen MR) is 293 cm³/mol. The Morgan fingerprint density at radius 2 is 0.515 bits per heavy atom. The average molecular weight is 962 g/mol. The molecule has 0 heterocycles. The zero-order valence-corrected chi connectivity index (χ0v) is 46.6. The fraction of sp³-hybridized carbons (Fsp3) is 0.952. The van der Waals surface area contributed by atoms with Gasteiger partial charge in [-0.1, -0.05) is 317 Å². The van der Waals surface area contributed by atoms with E-state index >= 15 is 0 Å². The molecule has 0 aromatic carbocycles. The Labute approximate surface area is 425 Å². The Morgan fingerprint density at radius 1 is 0.294 bits per heavy atom. The van der Waals surface area contributed by atoms with Gasteiger partial charge in [-0.2, -0.15) is 0 Å². The third-order valence-corrected chi connectivity index (χ3v) is 14.7. The maximum absolute atomic E-state index is 12.9. The molecule has 0 aliphatic rings. The van der Waals surface area contributed by atoms with Gasteiger partial charge >= 0.3 is 17.9 Å². The van der Waals surface area contributed by atoms with Crippen molar-refractivity contribution < 1.29 is 28.6 Å². The van der Waals surface area contributed by atoms with E-state index in [1.807, 2.05) is 0 Å². The number of hydrogen-bond donors (Lipinski definition) is 0. The molecule has 0 aliphatic heterocycles. The predicted octanol–water partition coefficient (Wildman–Crippen LogP) is 20.6. The van der Waals surface area contributed by atoms with Gasteiger partial charge in [-0.3, -0.25) is 14.4 Å². The third-order valence-electron chi connectivity index (χ3n) is 14.7. The van der Waals surface area contributed by atoms with Crippen molar-refractivity contribution in [1.82, 2.24) is 0 Å². The molecule has 6 nitrogen and oxygen atoms in total. The van der Waals surface area contributed by atoms with Crippen molar-refractivity contribution in [1.29, 1.82) is 0 Å². The number of unbranched alkanes of at least 4 members (excludes halogenated alkanes) is 43. The number of carbonyl (C=O) groups excluding carboxylic acids is 3. The van der Waals surface area contributed by atoms with Crippen LogP contribution in [-0.4, -0.2) is 37.2 Å². The smallest absolute Gasteiger partial charge is 0.306 e. The van der Waals surface area contributed by atoms with Crippen molar-refractivity contribution in [2.24, 2.45) is 5.92 Å². The molecule has 68 heavy (non-hydrogen) atoms. The number of esters is 3. The number of hydrogen-bond acceptors (Lipinski definition) is 6. The zero-order chi connectivity index (χ0) is 49.5. The second kappa shape index (κ2) is 56.3. The lowest BCUT2D eigenvalue weighted by Crippen LogP contribution is -2.30. The van der Waals surface area contributed by atoms with Crippen molar-refractivity contribution in [2.45, 2.75) is 361 Å². The molecule has 0 rings (SSSR count). The molecule has 1 unspecified atom stereocenters. The molecule has 0 aromatic heterocycles. The molecule has 0 aromatic rings. The van der Waals surface area contributed by atoms with Gasteiger partial charge in [0, 0.05) is 19.3 Å². The maximum atomic E-state index is 12.9. The molecule has 404 valence electrons. The first-order valence-electron chi connectivity index (χ1n) is 30.9. The van der Waals surface area contributed by atoms with Crippen LogP contribution in [0.4, 0.5) is 0 Å². The topological polar surface area (TPSA) is 78.9 Å². The van der Waals surface area contributed by atoms with Crippen molar-refractivity contribution in [3.8, 4) is 0 Å². The summed E-state index contributed by atoms with van der Waals surface area (Å²) in [6.45, 7) is 9.10. The second-order valence-electron chi connectivity index (χ2n) is 21.6. The minimum absolute atomic E-state index is 0.0616. The molecule has 0 saturated carbocycles. The summed E-state index contributed by atoms with van der Waals surface area (Å²) < 4.78 is 16.9. The van der Waals surface area contributed by atoms with E-state index in [2.05, 4.69) is 27.7 Å². The highest BCUT2D eigenvalue weighted by Gasteiger charge is 2.19. The fourth-order valence-corrected chi connectivity index (χ4v) is 9.60. The molecule has 0 spiro atoms. The lowest BCUT2D eigenvalue weighted by Gasteiger charge is -2.18. The van der Waals surface area contributed by atoms with Gasteiger partial charge in [-0.15, -0.1) is 0 Å². The normalized spacial score (nSPS) is 12.4. The summed E-state index contributed by atoms with van der Waals surface area (Å²) in [4.78, 5) is 38.2. The van der Waals surface area contributed by atoms with E-state index in [-0.39, 0.29) is 31.1 Å². The Kier molecular flexibility index (Phi) is 55.0. The monoisotopic (exact) mass is 961 g/mol. The first-order valence-corrected chi connectivity index (χ1v) is 30.9. The minimum atomic E-state index is -0.763. The van der Waals surface area contributed by atoms with Crippen LogP contribution in [0.1, 0.15) is 355 Å². The van der Waals surface area contributed by atoms with Crippen LogP contribution in [0.25, 0.3) is 0 Å². The van der Waals surface area contributed by atoms with Crippen molar-refractivity contribution in [3.63, 3.8) is 0 Å². The van der Waals surface area contributed by atoms with Crippen LogP contribution in [0.5, 0.6) is 0 Å². The van der Waals surface area contributed by atoms with Gasteiger partial charge in [0.05, 0.1) is 0 Å². The van der Waals surface area contributed by atoms with Gasteiger partial charge in [0.2, 0.25) is 0 Å². The number of rotatable bonds is 57. The second-order valence-corrected chi connectivity index (χ2v) is 21.6. The molecule has 6 heteroatoms. The van der Waals surface area contributed by atoms with Gasteiger partial charge in [0.1, 0.15) is 13.2 Å². The van der Waals surface area contributed by atoms with Gasteiger partial charge in [-0.25, -0.2) is 0 Å². The van der Waals surface area contributed by atoms with Crippen molar-refractivity contribution in [3.05, 3.63) is 0 Å². The van der Waals surface area contributed by atoms with Crippen molar-refractivity contribution >= 4 is 17.9 Å². The summed E-state index contributed by atoms with van der Waals surface area (Å²) in [7, 11) is 0. The SMILES string of the molecule is CCCCCCCCCCCCCCCCCCCCCC(=O)OC[C@H](COC(=O)CCCCCCCCCCCCC(C)CC)OC(=O)CCCCCCCCCCCCCCCCCCC. The van der Waals surface area contributed by atoms with E-state index in [9.17, 15) is 14.4 Å². The Bertz CT molecular complexity index is 1030. The van der Waals surface area contributed by atoms with Crippen LogP contribution in [0.2, 0.25) is 0 Å². The van der Waals surface area contributed by atoms with Crippen LogP contribution >= 0.6 is 0 Å². The van der Waals surface area contributed by atoms with E-state index < -0.39 is 6.10 Å². The third kappa shape index (κ3) is 53.8. The molecule has 2 atom stereocenters. The largest absolute Gasteiger partial charge is 0.462 e.